The molecule has 0 spiro atoms. The van der Waals surface area contributed by atoms with Gasteiger partial charge in [0.05, 0.1) is 17.7 Å². The Balaban J connectivity index is 1.63. The molecule has 2 aromatic heterocycles. The predicted octanol–water partition coefficient (Wildman–Crippen LogP) is 1.96. The van der Waals surface area contributed by atoms with Crippen LogP contribution in [0.25, 0.3) is 11.5 Å². The molecule has 0 bridgehead atoms. The van der Waals surface area contributed by atoms with Crippen LogP contribution in [0.15, 0.2) is 68.9 Å². The normalized spacial score (nSPS) is 11.6. The molecule has 164 valence electrons. The van der Waals surface area contributed by atoms with Gasteiger partial charge >= 0.3 is 0 Å². The minimum atomic E-state index is -3.58. The zero-order valence-corrected chi connectivity index (χ0v) is 18.1. The second kappa shape index (κ2) is 9.71. The second-order valence-electron chi connectivity index (χ2n) is 6.63. The van der Waals surface area contributed by atoms with Crippen molar-refractivity contribution in [3.8, 4) is 11.5 Å². The molecular formula is C21H24N4O5S. The highest BCUT2D eigenvalue weighted by molar-refractivity contribution is 7.89. The lowest BCUT2D eigenvalue weighted by molar-refractivity contribution is 0.0951. The van der Waals surface area contributed by atoms with Crippen LogP contribution in [0.5, 0.6) is 0 Å². The van der Waals surface area contributed by atoms with Crippen molar-refractivity contribution in [1.82, 2.24) is 19.4 Å². The number of carbonyl (C=O) groups is 1. The van der Waals surface area contributed by atoms with E-state index in [1.165, 1.54) is 45.6 Å². The molecule has 0 aliphatic carbocycles. The van der Waals surface area contributed by atoms with E-state index in [1.807, 2.05) is 0 Å². The molecule has 1 N–H and O–H groups in total. The summed E-state index contributed by atoms with van der Waals surface area (Å²) in [5.41, 5.74) is 0.541. The number of nitrogens with one attached hydrogen (secondary N) is 1. The third-order valence-corrected chi connectivity index (χ3v) is 6.77. The largest absolute Gasteiger partial charge is 0.463 e. The van der Waals surface area contributed by atoms with Gasteiger partial charge in [0.25, 0.3) is 11.5 Å². The molecule has 0 unspecified atom stereocenters. The van der Waals surface area contributed by atoms with Crippen molar-refractivity contribution >= 4 is 15.9 Å². The summed E-state index contributed by atoms with van der Waals surface area (Å²) in [5.74, 6) is 0.166. The number of furan rings is 1. The molecule has 0 aliphatic rings. The Morgan fingerprint density at radius 3 is 2.42 bits per heavy atom. The first-order valence-electron chi connectivity index (χ1n) is 9.87. The van der Waals surface area contributed by atoms with Crippen LogP contribution in [0, 0.1) is 0 Å². The molecule has 10 heteroatoms. The maximum absolute atomic E-state index is 12.5. The zero-order valence-electron chi connectivity index (χ0n) is 17.3. The summed E-state index contributed by atoms with van der Waals surface area (Å²) in [5, 5.41) is 6.95. The van der Waals surface area contributed by atoms with Crippen molar-refractivity contribution < 1.29 is 17.6 Å². The van der Waals surface area contributed by atoms with Gasteiger partial charge in [0, 0.05) is 31.3 Å². The van der Waals surface area contributed by atoms with Gasteiger partial charge in [-0.25, -0.2) is 13.1 Å². The molecule has 2 heterocycles. The van der Waals surface area contributed by atoms with E-state index >= 15 is 0 Å². The van der Waals surface area contributed by atoms with Crippen LogP contribution in [-0.2, 0) is 16.6 Å². The van der Waals surface area contributed by atoms with Crippen LogP contribution in [-0.4, -0.2) is 48.0 Å². The molecular weight excluding hydrogens is 420 g/mol. The van der Waals surface area contributed by atoms with E-state index in [1.54, 1.807) is 32.0 Å². The van der Waals surface area contributed by atoms with Crippen LogP contribution in [0.2, 0.25) is 0 Å². The fraction of sp³-hybridized carbons (Fsp3) is 0.286. The SMILES string of the molecule is CCN(CC)S(=O)(=O)c1ccc(C(=O)NCCn2nc(-c3ccco3)ccc2=O)cc1. The fourth-order valence-corrected chi connectivity index (χ4v) is 4.49. The van der Waals surface area contributed by atoms with Crippen LogP contribution in [0.4, 0.5) is 0 Å². The van der Waals surface area contributed by atoms with Gasteiger partial charge < -0.3 is 9.73 Å². The maximum Gasteiger partial charge on any atom is 0.266 e. The quantitative estimate of drug-likeness (QED) is 0.540. The van der Waals surface area contributed by atoms with E-state index in [4.69, 9.17) is 4.42 Å². The zero-order chi connectivity index (χ0) is 22.4. The van der Waals surface area contributed by atoms with Gasteiger partial charge in [0.2, 0.25) is 10.0 Å². The summed E-state index contributed by atoms with van der Waals surface area (Å²) in [6.07, 6.45) is 1.52. The number of carbonyl (C=O) groups excluding carboxylic acids is 1. The predicted molar refractivity (Wildman–Crippen MR) is 115 cm³/mol. The lowest BCUT2D eigenvalue weighted by atomic mass is 10.2. The van der Waals surface area contributed by atoms with Gasteiger partial charge in [0.15, 0.2) is 5.76 Å². The van der Waals surface area contributed by atoms with E-state index < -0.39 is 10.0 Å². The second-order valence-corrected chi connectivity index (χ2v) is 8.56. The number of hydrogen-bond acceptors (Lipinski definition) is 6. The van der Waals surface area contributed by atoms with Crippen molar-refractivity contribution in [2.24, 2.45) is 0 Å². The van der Waals surface area contributed by atoms with Gasteiger partial charge in [0.1, 0.15) is 5.69 Å². The Kier molecular flexibility index (Phi) is 7.03. The van der Waals surface area contributed by atoms with Crippen LogP contribution in [0.3, 0.4) is 0 Å². The first-order valence-corrected chi connectivity index (χ1v) is 11.3. The van der Waals surface area contributed by atoms with Crippen molar-refractivity contribution in [2.75, 3.05) is 19.6 Å². The molecule has 0 saturated carbocycles. The molecule has 1 aromatic carbocycles. The number of benzene rings is 1. The summed E-state index contributed by atoms with van der Waals surface area (Å²) in [6.45, 7) is 4.63. The van der Waals surface area contributed by atoms with Crippen molar-refractivity contribution in [1.29, 1.82) is 0 Å². The van der Waals surface area contributed by atoms with E-state index in [9.17, 15) is 18.0 Å². The lowest BCUT2D eigenvalue weighted by Gasteiger charge is -2.18. The van der Waals surface area contributed by atoms with Gasteiger partial charge in [-0.15, -0.1) is 0 Å². The number of amides is 1. The van der Waals surface area contributed by atoms with E-state index in [-0.39, 0.29) is 29.5 Å². The molecule has 0 atom stereocenters. The van der Waals surface area contributed by atoms with Gasteiger partial charge in [-0.3, -0.25) is 9.59 Å². The van der Waals surface area contributed by atoms with E-state index in [0.717, 1.165) is 0 Å². The van der Waals surface area contributed by atoms with Crippen LogP contribution >= 0.6 is 0 Å². The molecule has 0 fully saturated rings. The number of hydrogen-bond donors (Lipinski definition) is 1. The van der Waals surface area contributed by atoms with Gasteiger partial charge in [-0.2, -0.15) is 9.40 Å². The minimum Gasteiger partial charge on any atom is -0.463 e. The Hall–Kier alpha value is -3.24. The van der Waals surface area contributed by atoms with Crippen molar-refractivity contribution in [3.63, 3.8) is 0 Å². The van der Waals surface area contributed by atoms with E-state index in [0.29, 0.717) is 30.1 Å². The average Bonchev–Trinajstić information content (AvgIpc) is 3.30. The Labute approximate surface area is 180 Å². The number of sulfonamides is 1. The molecule has 1 amide bonds. The molecule has 0 saturated heterocycles. The van der Waals surface area contributed by atoms with Crippen LogP contribution < -0.4 is 10.9 Å². The first-order chi connectivity index (χ1) is 14.9. The summed E-state index contributed by atoms with van der Waals surface area (Å²) < 4.78 is 32.9. The highest BCUT2D eigenvalue weighted by Gasteiger charge is 2.21. The standard InChI is InChI=1S/C21H24N4O5S/c1-3-24(4-2)31(28,29)17-9-7-16(8-10-17)21(27)22-13-14-25-20(26)12-11-18(23-25)19-6-5-15-30-19/h5-12,15H,3-4,13-14H2,1-2H3,(H,22,27). The molecule has 0 radical (unpaired) electrons. The minimum absolute atomic E-state index is 0.137. The van der Waals surface area contributed by atoms with Crippen molar-refractivity contribution in [3.05, 3.63) is 70.7 Å². The number of aromatic nitrogens is 2. The highest BCUT2D eigenvalue weighted by Crippen LogP contribution is 2.16. The molecule has 3 rings (SSSR count). The number of nitrogens with zero attached hydrogens (tertiary/aromatic N) is 3. The Morgan fingerprint density at radius 1 is 1.10 bits per heavy atom. The third kappa shape index (κ3) is 5.09. The number of rotatable bonds is 9. The summed E-state index contributed by atoms with van der Waals surface area (Å²) in [6, 6.07) is 12.2. The first kappa shape index (κ1) is 22.4. The van der Waals surface area contributed by atoms with Gasteiger partial charge in [-0.05, 0) is 42.5 Å². The molecule has 0 aliphatic heterocycles. The monoisotopic (exact) mass is 444 g/mol. The summed E-state index contributed by atoms with van der Waals surface area (Å²) in [7, 11) is -3.58. The Bertz CT molecular complexity index is 1180. The topological polar surface area (TPSA) is 115 Å². The van der Waals surface area contributed by atoms with Crippen LogP contribution in [0.1, 0.15) is 24.2 Å². The summed E-state index contributed by atoms with van der Waals surface area (Å²) in [4.78, 5) is 24.5. The third-order valence-electron chi connectivity index (χ3n) is 4.71. The molecule has 9 nitrogen and oxygen atoms in total. The smallest absolute Gasteiger partial charge is 0.266 e. The molecule has 31 heavy (non-hydrogen) atoms. The molecule has 3 aromatic rings. The highest BCUT2D eigenvalue weighted by atomic mass is 32.2. The summed E-state index contributed by atoms with van der Waals surface area (Å²) >= 11 is 0. The average molecular weight is 445 g/mol. The lowest BCUT2D eigenvalue weighted by Crippen LogP contribution is -2.32. The van der Waals surface area contributed by atoms with E-state index in [2.05, 4.69) is 10.4 Å². The van der Waals surface area contributed by atoms with Gasteiger partial charge in [-0.1, -0.05) is 13.8 Å². The fourth-order valence-electron chi connectivity index (χ4n) is 3.03. The van der Waals surface area contributed by atoms with Crippen molar-refractivity contribution in [2.45, 2.75) is 25.3 Å². The Morgan fingerprint density at radius 2 is 1.81 bits per heavy atom. The maximum atomic E-state index is 12.5.